The Kier molecular flexibility index (Phi) is 6.81. The van der Waals surface area contributed by atoms with Crippen LogP contribution in [-0.2, 0) is 14.8 Å². The molecule has 3 rings (SSSR count). The van der Waals surface area contributed by atoms with Crippen LogP contribution in [0.3, 0.4) is 0 Å². The number of nitrogens with zero attached hydrogens (tertiary/aromatic N) is 1. The number of carbonyl (C=O) groups excluding carboxylic acids is 1. The lowest BCUT2D eigenvalue weighted by atomic mass is 10.0. The van der Waals surface area contributed by atoms with Gasteiger partial charge in [0, 0.05) is 18.1 Å². The zero-order chi connectivity index (χ0) is 22.1. The minimum absolute atomic E-state index is 0.00350. The summed E-state index contributed by atoms with van der Waals surface area (Å²) in [7, 11) is -3.88. The van der Waals surface area contributed by atoms with E-state index in [4.69, 9.17) is 21.1 Å². The molecule has 1 aliphatic rings. The van der Waals surface area contributed by atoms with Crippen molar-refractivity contribution in [1.29, 1.82) is 0 Å². The Bertz CT molecular complexity index is 1070. The molecule has 0 bridgehead atoms. The molecule has 1 aliphatic heterocycles. The van der Waals surface area contributed by atoms with E-state index in [-0.39, 0.29) is 42.9 Å². The number of morpholine rings is 1. The summed E-state index contributed by atoms with van der Waals surface area (Å²) in [6.45, 7) is 6.54. The van der Waals surface area contributed by atoms with E-state index in [2.05, 4.69) is 0 Å². The average molecular weight is 456 g/mol. The molecule has 0 spiro atoms. The zero-order valence-corrected chi connectivity index (χ0v) is 18.5. The molecule has 1 fully saturated rings. The second-order valence-corrected chi connectivity index (χ2v) is 9.69. The van der Waals surface area contributed by atoms with Crippen molar-refractivity contribution in [1.82, 2.24) is 4.31 Å². The van der Waals surface area contributed by atoms with Crippen LogP contribution in [0, 0.1) is 12.7 Å². The Hall–Kier alpha value is -2.00. The third-order valence-corrected chi connectivity index (χ3v) is 7.18. The van der Waals surface area contributed by atoms with Gasteiger partial charge in [0.2, 0.25) is 10.0 Å². The number of rotatable bonds is 5. The number of sulfonamides is 1. The number of esters is 1. The van der Waals surface area contributed by atoms with Gasteiger partial charge in [-0.3, -0.25) is 0 Å². The van der Waals surface area contributed by atoms with Gasteiger partial charge < -0.3 is 9.47 Å². The topological polar surface area (TPSA) is 72.9 Å². The Morgan fingerprint density at radius 1 is 1.20 bits per heavy atom. The lowest BCUT2D eigenvalue weighted by molar-refractivity contribution is 0.0723. The van der Waals surface area contributed by atoms with Crippen molar-refractivity contribution in [3.05, 3.63) is 57.9 Å². The molecule has 2 aromatic rings. The van der Waals surface area contributed by atoms with E-state index in [9.17, 15) is 17.6 Å². The minimum atomic E-state index is -3.88. The lowest BCUT2D eigenvalue weighted by Gasteiger charge is -2.26. The number of ether oxygens (including phenoxy) is 2. The first kappa shape index (κ1) is 22.7. The highest BCUT2D eigenvalue weighted by Crippen LogP contribution is 2.33. The number of hydrogen-bond acceptors (Lipinski definition) is 5. The van der Waals surface area contributed by atoms with E-state index >= 15 is 0 Å². The van der Waals surface area contributed by atoms with E-state index in [1.165, 1.54) is 4.31 Å². The van der Waals surface area contributed by atoms with Crippen molar-refractivity contribution in [3.63, 3.8) is 0 Å². The smallest absolute Gasteiger partial charge is 0.346 e. The first-order valence-electron chi connectivity index (χ1n) is 9.51. The normalized spacial score (nSPS) is 15.4. The molecule has 1 saturated heterocycles. The van der Waals surface area contributed by atoms with Crippen molar-refractivity contribution in [2.75, 3.05) is 26.3 Å². The minimum Gasteiger partial charge on any atom is -0.423 e. The van der Waals surface area contributed by atoms with Gasteiger partial charge in [-0.1, -0.05) is 25.4 Å². The third-order valence-electron chi connectivity index (χ3n) is 4.88. The van der Waals surface area contributed by atoms with E-state index in [0.29, 0.717) is 16.1 Å². The molecule has 30 heavy (non-hydrogen) atoms. The predicted octanol–water partition coefficient (Wildman–Crippen LogP) is 4.15. The number of benzene rings is 2. The molecule has 9 heteroatoms. The molecule has 2 aromatic carbocycles. The van der Waals surface area contributed by atoms with Crippen LogP contribution >= 0.6 is 11.6 Å². The molecule has 0 amide bonds. The first-order valence-corrected chi connectivity index (χ1v) is 11.3. The van der Waals surface area contributed by atoms with Gasteiger partial charge in [0.25, 0.3) is 0 Å². The summed E-state index contributed by atoms with van der Waals surface area (Å²) >= 11 is 6.17. The Labute approximate surface area is 180 Å². The molecule has 0 atom stereocenters. The van der Waals surface area contributed by atoms with Crippen LogP contribution in [-0.4, -0.2) is 45.0 Å². The summed E-state index contributed by atoms with van der Waals surface area (Å²) < 4.78 is 52.0. The van der Waals surface area contributed by atoms with Gasteiger partial charge in [0.1, 0.15) is 11.6 Å². The van der Waals surface area contributed by atoms with Gasteiger partial charge in [-0.2, -0.15) is 4.31 Å². The molecule has 0 unspecified atom stereocenters. The lowest BCUT2D eigenvalue weighted by Crippen LogP contribution is -2.40. The molecule has 162 valence electrons. The maximum atomic E-state index is 14.4. The van der Waals surface area contributed by atoms with E-state index in [1.54, 1.807) is 19.1 Å². The van der Waals surface area contributed by atoms with Crippen LogP contribution in [0.5, 0.6) is 5.75 Å². The SMILES string of the molecule is Cc1cc(OC(=O)c2cc(S(=O)(=O)N3CCOCC3)ccc2F)c(C(C)C)cc1Cl. The summed E-state index contributed by atoms with van der Waals surface area (Å²) in [5, 5.41) is 0.531. The summed E-state index contributed by atoms with van der Waals surface area (Å²) in [5.74, 6) is -1.57. The monoisotopic (exact) mass is 455 g/mol. The van der Waals surface area contributed by atoms with Crippen molar-refractivity contribution in [3.8, 4) is 5.75 Å². The van der Waals surface area contributed by atoms with E-state index in [1.807, 2.05) is 13.8 Å². The number of halogens is 2. The van der Waals surface area contributed by atoms with Gasteiger partial charge >= 0.3 is 5.97 Å². The number of hydrogen-bond donors (Lipinski definition) is 0. The summed E-state index contributed by atoms with van der Waals surface area (Å²) in [4.78, 5) is 12.6. The molecular formula is C21H23ClFNO5S. The highest BCUT2D eigenvalue weighted by Gasteiger charge is 2.28. The molecule has 0 aliphatic carbocycles. The zero-order valence-electron chi connectivity index (χ0n) is 16.9. The number of carbonyl (C=O) groups is 1. The molecule has 0 N–H and O–H groups in total. The Morgan fingerprint density at radius 2 is 1.87 bits per heavy atom. The average Bonchev–Trinajstić information content (AvgIpc) is 2.71. The van der Waals surface area contributed by atoms with Crippen LogP contribution in [0.1, 0.15) is 41.3 Å². The molecule has 0 aromatic heterocycles. The fourth-order valence-corrected chi connectivity index (χ4v) is 4.73. The van der Waals surface area contributed by atoms with Crippen molar-refractivity contribution in [2.24, 2.45) is 0 Å². The first-order chi connectivity index (χ1) is 14.1. The predicted molar refractivity (Wildman–Crippen MR) is 111 cm³/mol. The van der Waals surface area contributed by atoms with Gasteiger partial charge in [-0.05, 0) is 54.3 Å². The summed E-state index contributed by atoms with van der Waals surface area (Å²) in [6.07, 6.45) is 0. The van der Waals surface area contributed by atoms with Gasteiger partial charge in [-0.15, -0.1) is 0 Å². The maximum absolute atomic E-state index is 14.4. The van der Waals surface area contributed by atoms with E-state index < -0.39 is 27.4 Å². The van der Waals surface area contributed by atoms with Crippen molar-refractivity contribution >= 4 is 27.6 Å². The summed E-state index contributed by atoms with van der Waals surface area (Å²) in [6, 6.07) is 6.44. The van der Waals surface area contributed by atoms with Crippen LogP contribution in [0.15, 0.2) is 35.2 Å². The van der Waals surface area contributed by atoms with Crippen molar-refractivity contribution < 1.29 is 27.1 Å². The maximum Gasteiger partial charge on any atom is 0.346 e. The van der Waals surface area contributed by atoms with Gasteiger partial charge in [0.05, 0.1) is 23.7 Å². The molecule has 0 saturated carbocycles. The number of aryl methyl sites for hydroxylation is 1. The largest absolute Gasteiger partial charge is 0.423 e. The highest BCUT2D eigenvalue weighted by atomic mass is 35.5. The Morgan fingerprint density at radius 3 is 2.50 bits per heavy atom. The van der Waals surface area contributed by atoms with E-state index in [0.717, 1.165) is 18.2 Å². The molecule has 1 heterocycles. The molecule has 0 radical (unpaired) electrons. The third kappa shape index (κ3) is 4.67. The van der Waals surface area contributed by atoms with Crippen LogP contribution in [0.25, 0.3) is 0 Å². The standard InChI is InChI=1S/C21H23ClFNO5S/c1-13(2)16-12-18(22)14(3)10-20(16)29-21(25)17-11-15(4-5-19(17)23)30(26,27)24-6-8-28-9-7-24/h4-5,10-13H,6-9H2,1-3H3. The van der Waals surface area contributed by atoms with Crippen LogP contribution in [0.4, 0.5) is 4.39 Å². The second kappa shape index (κ2) is 9.01. The summed E-state index contributed by atoms with van der Waals surface area (Å²) in [5.41, 5.74) is 0.941. The quantitative estimate of drug-likeness (QED) is 0.500. The van der Waals surface area contributed by atoms with Crippen LogP contribution < -0.4 is 4.74 Å². The van der Waals surface area contributed by atoms with Crippen LogP contribution in [0.2, 0.25) is 5.02 Å². The molecule has 6 nitrogen and oxygen atoms in total. The molecular weight excluding hydrogens is 433 g/mol. The highest BCUT2D eigenvalue weighted by molar-refractivity contribution is 7.89. The fourth-order valence-electron chi connectivity index (χ4n) is 3.12. The second-order valence-electron chi connectivity index (χ2n) is 7.34. The Balaban J connectivity index is 1.94. The fraction of sp³-hybridized carbons (Fsp3) is 0.381. The van der Waals surface area contributed by atoms with Crippen molar-refractivity contribution in [2.45, 2.75) is 31.6 Å². The van der Waals surface area contributed by atoms with Gasteiger partial charge in [-0.25, -0.2) is 17.6 Å². The van der Waals surface area contributed by atoms with Gasteiger partial charge in [0.15, 0.2) is 0 Å².